The summed E-state index contributed by atoms with van der Waals surface area (Å²) in [5.41, 5.74) is -0.587. The molecular formula is C25H41NO5. The molecule has 0 radical (unpaired) electrons. The van der Waals surface area contributed by atoms with Gasteiger partial charge in [0.15, 0.2) is 0 Å². The Bertz CT molecular complexity index is 696. The fraction of sp³-hybridized carbons (Fsp3) is 0.680. The summed E-state index contributed by atoms with van der Waals surface area (Å²) in [5, 5.41) is 3.53. The van der Waals surface area contributed by atoms with Gasteiger partial charge in [0.05, 0.1) is 31.2 Å². The molecule has 1 rings (SSSR count). The Labute approximate surface area is 188 Å². The first-order valence-electron chi connectivity index (χ1n) is 11.3. The van der Waals surface area contributed by atoms with E-state index in [0.717, 1.165) is 24.3 Å². The van der Waals surface area contributed by atoms with E-state index in [4.69, 9.17) is 14.2 Å². The van der Waals surface area contributed by atoms with E-state index in [1.165, 1.54) is 0 Å². The number of carbonyl (C=O) groups excluding carboxylic acids is 2. The van der Waals surface area contributed by atoms with Crippen LogP contribution in [0.2, 0.25) is 0 Å². The molecule has 0 amide bonds. The van der Waals surface area contributed by atoms with Crippen LogP contribution in [0.1, 0.15) is 67.7 Å². The van der Waals surface area contributed by atoms with Gasteiger partial charge in [-0.2, -0.15) is 0 Å². The van der Waals surface area contributed by atoms with Crippen molar-refractivity contribution >= 4 is 17.6 Å². The van der Waals surface area contributed by atoms with Gasteiger partial charge in [-0.1, -0.05) is 13.3 Å². The Morgan fingerprint density at radius 1 is 0.903 bits per heavy atom. The zero-order valence-corrected chi connectivity index (χ0v) is 20.5. The van der Waals surface area contributed by atoms with Crippen LogP contribution in [0.3, 0.4) is 0 Å². The first-order chi connectivity index (χ1) is 14.5. The number of anilines is 1. The van der Waals surface area contributed by atoms with Gasteiger partial charge in [-0.15, -0.1) is 0 Å². The van der Waals surface area contributed by atoms with Crippen molar-refractivity contribution < 1.29 is 23.8 Å². The second kappa shape index (κ2) is 12.0. The van der Waals surface area contributed by atoms with E-state index in [9.17, 15) is 9.59 Å². The number of rotatable bonds is 13. The first kappa shape index (κ1) is 26.8. The molecule has 0 aliphatic carbocycles. The van der Waals surface area contributed by atoms with Crippen molar-refractivity contribution in [1.29, 1.82) is 0 Å². The van der Waals surface area contributed by atoms with Gasteiger partial charge >= 0.3 is 11.9 Å². The summed E-state index contributed by atoms with van der Waals surface area (Å²) in [5.74, 6) is 0.329. The number of carbonyl (C=O) groups is 2. The van der Waals surface area contributed by atoms with Gasteiger partial charge < -0.3 is 19.5 Å². The lowest BCUT2D eigenvalue weighted by atomic mass is 9.69. The van der Waals surface area contributed by atoms with Crippen LogP contribution >= 0.6 is 0 Å². The smallest absolute Gasteiger partial charge is 0.313 e. The van der Waals surface area contributed by atoms with Crippen molar-refractivity contribution in [3.8, 4) is 5.75 Å². The van der Waals surface area contributed by atoms with E-state index in [2.05, 4.69) is 12.2 Å². The van der Waals surface area contributed by atoms with Crippen molar-refractivity contribution in [1.82, 2.24) is 0 Å². The molecule has 0 spiro atoms. The molecule has 1 aromatic rings. The van der Waals surface area contributed by atoms with Crippen LogP contribution in [0.25, 0.3) is 0 Å². The number of ether oxygens (including phenoxy) is 3. The molecule has 0 bridgehead atoms. The molecule has 6 nitrogen and oxygen atoms in total. The zero-order chi connectivity index (χ0) is 23.7. The van der Waals surface area contributed by atoms with E-state index in [0.29, 0.717) is 19.6 Å². The summed E-state index contributed by atoms with van der Waals surface area (Å²) in [4.78, 5) is 25.6. The molecule has 31 heavy (non-hydrogen) atoms. The highest BCUT2D eigenvalue weighted by Gasteiger charge is 2.44. The molecule has 1 aromatic carbocycles. The average Bonchev–Trinajstić information content (AvgIpc) is 2.73. The van der Waals surface area contributed by atoms with Gasteiger partial charge in [-0.05, 0) is 84.6 Å². The van der Waals surface area contributed by atoms with Crippen molar-refractivity contribution in [3.05, 3.63) is 24.3 Å². The summed E-state index contributed by atoms with van der Waals surface area (Å²) < 4.78 is 16.0. The van der Waals surface area contributed by atoms with E-state index >= 15 is 0 Å². The Morgan fingerprint density at radius 3 is 1.87 bits per heavy atom. The van der Waals surface area contributed by atoms with Crippen molar-refractivity contribution in [2.75, 3.05) is 25.6 Å². The zero-order valence-electron chi connectivity index (χ0n) is 20.5. The molecule has 0 saturated carbocycles. The maximum atomic E-state index is 12.8. The number of hydrogen-bond donors (Lipinski definition) is 1. The summed E-state index contributed by atoms with van der Waals surface area (Å²) in [7, 11) is 1.63. The minimum atomic E-state index is -0.799. The molecule has 0 unspecified atom stereocenters. The minimum absolute atomic E-state index is 0.0287. The van der Waals surface area contributed by atoms with Crippen LogP contribution < -0.4 is 10.1 Å². The standard InChI is InChI=1S/C25H41NO5/c1-9-12-18(24(4,5)22(27)30-10-2)17-21(25(6,7)23(28)31-11-3)26-19-13-15-20(29-8)16-14-19/h13-16,18,21,26H,9-12,17H2,1-8H3/t18-,21+/m0/s1. The molecule has 6 heteroatoms. The van der Waals surface area contributed by atoms with Crippen LogP contribution in [0, 0.1) is 16.7 Å². The number of nitrogens with one attached hydrogen (secondary N) is 1. The highest BCUT2D eigenvalue weighted by atomic mass is 16.5. The topological polar surface area (TPSA) is 73.9 Å². The molecular weight excluding hydrogens is 394 g/mol. The highest BCUT2D eigenvalue weighted by Crippen LogP contribution is 2.40. The molecule has 0 heterocycles. The van der Waals surface area contributed by atoms with Crippen molar-refractivity contribution in [2.45, 2.75) is 73.8 Å². The lowest BCUT2D eigenvalue weighted by molar-refractivity contribution is -0.158. The predicted octanol–water partition coefficient (Wildman–Crippen LogP) is 5.46. The van der Waals surface area contributed by atoms with Gasteiger partial charge in [-0.25, -0.2) is 0 Å². The molecule has 2 atom stereocenters. The van der Waals surface area contributed by atoms with Gasteiger partial charge in [-0.3, -0.25) is 9.59 Å². The van der Waals surface area contributed by atoms with Crippen molar-refractivity contribution in [3.63, 3.8) is 0 Å². The number of esters is 2. The molecule has 0 aliphatic heterocycles. The summed E-state index contributed by atoms with van der Waals surface area (Å²) >= 11 is 0. The third kappa shape index (κ3) is 7.15. The normalized spacial score (nSPS) is 13.8. The molecule has 176 valence electrons. The quantitative estimate of drug-likeness (QED) is 0.415. The highest BCUT2D eigenvalue weighted by molar-refractivity contribution is 5.78. The maximum Gasteiger partial charge on any atom is 0.313 e. The van der Waals surface area contributed by atoms with E-state index < -0.39 is 10.8 Å². The summed E-state index contributed by atoms with van der Waals surface area (Å²) in [6.07, 6.45) is 2.41. The fourth-order valence-corrected chi connectivity index (χ4v) is 3.77. The van der Waals surface area contributed by atoms with Gasteiger partial charge in [0.1, 0.15) is 5.75 Å². The SMILES string of the molecule is CCC[C@@H](C[C@@H](Nc1ccc(OC)cc1)C(C)(C)C(=O)OCC)C(C)(C)C(=O)OCC. The monoisotopic (exact) mass is 435 g/mol. The number of benzene rings is 1. The average molecular weight is 436 g/mol. The van der Waals surface area contributed by atoms with Crippen molar-refractivity contribution in [2.24, 2.45) is 16.7 Å². The van der Waals surface area contributed by atoms with Gasteiger partial charge in [0, 0.05) is 11.7 Å². The van der Waals surface area contributed by atoms with Crippen LogP contribution in [0.15, 0.2) is 24.3 Å². The van der Waals surface area contributed by atoms with E-state index in [1.807, 2.05) is 65.8 Å². The van der Waals surface area contributed by atoms with Crippen LogP contribution in [0.4, 0.5) is 5.69 Å². The molecule has 0 aliphatic rings. The third-order valence-corrected chi connectivity index (χ3v) is 6.08. The lowest BCUT2D eigenvalue weighted by Crippen LogP contribution is -2.47. The molecule has 0 aromatic heterocycles. The van der Waals surface area contributed by atoms with Crippen LogP contribution in [0.5, 0.6) is 5.75 Å². The van der Waals surface area contributed by atoms with E-state index in [1.54, 1.807) is 7.11 Å². The number of methoxy groups -OCH3 is 1. The molecule has 0 fully saturated rings. The largest absolute Gasteiger partial charge is 0.497 e. The lowest BCUT2D eigenvalue weighted by Gasteiger charge is -2.40. The van der Waals surface area contributed by atoms with Crippen LogP contribution in [-0.4, -0.2) is 38.3 Å². The second-order valence-corrected chi connectivity index (χ2v) is 9.03. The Hall–Kier alpha value is -2.24. The molecule has 1 N–H and O–H groups in total. The van der Waals surface area contributed by atoms with Gasteiger partial charge in [0.2, 0.25) is 0 Å². The first-order valence-corrected chi connectivity index (χ1v) is 11.3. The predicted molar refractivity (Wildman–Crippen MR) is 124 cm³/mol. The van der Waals surface area contributed by atoms with E-state index in [-0.39, 0.29) is 23.9 Å². The summed E-state index contributed by atoms with van der Waals surface area (Å²) in [6.45, 7) is 14.1. The Kier molecular flexibility index (Phi) is 10.3. The minimum Gasteiger partial charge on any atom is -0.497 e. The summed E-state index contributed by atoms with van der Waals surface area (Å²) in [6, 6.07) is 7.37. The van der Waals surface area contributed by atoms with Gasteiger partial charge in [0.25, 0.3) is 0 Å². The fourth-order valence-electron chi connectivity index (χ4n) is 3.77. The Balaban J connectivity index is 3.28. The Morgan fingerprint density at radius 2 is 1.42 bits per heavy atom. The van der Waals surface area contributed by atoms with Crippen LogP contribution in [-0.2, 0) is 19.1 Å². The second-order valence-electron chi connectivity index (χ2n) is 9.03. The maximum absolute atomic E-state index is 12.8. The molecule has 0 saturated heterocycles. The number of hydrogen-bond acceptors (Lipinski definition) is 6. The third-order valence-electron chi connectivity index (χ3n) is 6.08.